The van der Waals surface area contributed by atoms with Gasteiger partial charge in [0.25, 0.3) is 0 Å². The van der Waals surface area contributed by atoms with Crippen LogP contribution in [-0.4, -0.2) is 18.7 Å². The first kappa shape index (κ1) is 16.3. The van der Waals surface area contributed by atoms with E-state index in [-0.39, 0.29) is 12.1 Å². The minimum atomic E-state index is 0.200. The van der Waals surface area contributed by atoms with Crippen LogP contribution < -0.4 is 15.8 Å². The standard InChI is InChI=1S/C18H30N2O/c1-14(2)21-17-11-7-8-15(12-17)18(13-19)20-16-9-5-3-4-6-10-16/h7-8,11-12,14,16,18,20H,3-6,9-10,13,19H2,1-2H3. The summed E-state index contributed by atoms with van der Waals surface area (Å²) in [6, 6.07) is 9.18. The van der Waals surface area contributed by atoms with Crippen LogP contribution in [0.3, 0.4) is 0 Å². The molecular weight excluding hydrogens is 260 g/mol. The molecule has 1 aromatic carbocycles. The van der Waals surface area contributed by atoms with Gasteiger partial charge in [0.05, 0.1) is 6.10 Å². The molecule has 1 fully saturated rings. The fourth-order valence-corrected chi connectivity index (χ4v) is 3.11. The molecule has 1 atom stereocenters. The molecule has 0 aromatic heterocycles. The van der Waals surface area contributed by atoms with E-state index in [0.29, 0.717) is 12.6 Å². The number of hydrogen-bond acceptors (Lipinski definition) is 3. The van der Waals surface area contributed by atoms with Crippen molar-refractivity contribution in [1.82, 2.24) is 5.32 Å². The molecule has 1 saturated carbocycles. The Balaban J connectivity index is 2.02. The van der Waals surface area contributed by atoms with Crippen LogP contribution in [0.25, 0.3) is 0 Å². The molecule has 0 bridgehead atoms. The highest BCUT2D eigenvalue weighted by molar-refractivity contribution is 5.31. The summed E-state index contributed by atoms with van der Waals surface area (Å²) in [5.74, 6) is 0.934. The molecule has 118 valence electrons. The molecular formula is C18H30N2O. The third kappa shape index (κ3) is 5.33. The lowest BCUT2D eigenvalue weighted by atomic mass is 10.0. The van der Waals surface area contributed by atoms with Crippen molar-refractivity contribution in [3.63, 3.8) is 0 Å². The highest BCUT2D eigenvalue weighted by Crippen LogP contribution is 2.23. The first-order valence-corrected chi connectivity index (χ1v) is 8.41. The number of rotatable bonds is 6. The van der Waals surface area contributed by atoms with Crippen LogP contribution in [0.1, 0.15) is 64.0 Å². The number of benzene rings is 1. The Labute approximate surface area is 129 Å². The zero-order valence-corrected chi connectivity index (χ0v) is 13.5. The zero-order valence-electron chi connectivity index (χ0n) is 13.5. The number of nitrogens with two attached hydrogens (primary N) is 1. The molecule has 0 radical (unpaired) electrons. The molecule has 2 rings (SSSR count). The topological polar surface area (TPSA) is 47.3 Å². The van der Waals surface area contributed by atoms with Gasteiger partial charge in [0.2, 0.25) is 0 Å². The highest BCUT2D eigenvalue weighted by atomic mass is 16.5. The van der Waals surface area contributed by atoms with E-state index < -0.39 is 0 Å². The summed E-state index contributed by atoms with van der Waals surface area (Å²) >= 11 is 0. The molecule has 3 N–H and O–H groups in total. The normalized spacial score (nSPS) is 18.5. The SMILES string of the molecule is CC(C)Oc1cccc(C(CN)NC2CCCCCC2)c1. The van der Waals surface area contributed by atoms with E-state index in [1.807, 2.05) is 6.07 Å². The monoisotopic (exact) mass is 290 g/mol. The molecule has 1 unspecified atom stereocenters. The van der Waals surface area contributed by atoms with Crippen LogP contribution in [0.4, 0.5) is 0 Å². The smallest absolute Gasteiger partial charge is 0.120 e. The summed E-state index contributed by atoms with van der Waals surface area (Å²) in [4.78, 5) is 0. The summed E-state index contributed by atoms with van der Waals surface area (Å²) in [6.45, 7) is 4.73. The van der Waals surface area contributed by atoms with Gasteiger partial charge in [-0.05, 0) is 44.4 Å². The van der Waals surface area contributed by atoms with Crippen molar-refractivity contribution in [2.24, 2.45) is 5.73 Å². The second-order valence-electron chi connectivity index (χ2n) is 6.38. The predicted molar refractivity (Wildman–Crippen MR) is 88.6 cm³/mol. The van der Waals surface area contributed by atoms with Crippen molar-refractivity contribution in [3.8, 4) is 5.75 Å². The second-order valence-corrected chi connectivity index (χ2v) is 6.38. The summed E-state index contributed by atoms with van der Waals surface area (Å²) in [7, 11) is 0. The van der Waals surface area contributed by atoms with Crippen LogP contribution in [0.5, 0.6) is 5.75 Å². The first-order chi connectivity index (χ1) is 10.2. The zero-order chi connectivity index (χ0) is 15.1. The van der Waals surface area contributed by atoms with E-state index >= 15 is 0 Å². The first-order valence-electron chi connectivity index (χ1n) is 8.41. The van der Waals surface area contributed by atoms with E-state index in [9.17, 15) is 0 Å². The maximum absolute atomic E-state index is 6.01. The van der Waals surface area contributed by atoms with Crippen molar-refractivity contribution in [1.29, 1.82) is 0 Å². The van der Waals surface area contributed by atoms with Gasteiger partial charge in [-0.2, -0.15) is 0 Å². The van der Waals surface area contributed by atoms with Crippen molar-refractivity contribution in [2.75, 3.05) is 6.54 Å². The van der Waals surface area contributed by atoms with E-state index in [0.717, 1.165) is 5.75 Å². The molecule has 0 aliphatic heterocycles. The number of ether oxygens (including phenoxy) is 1. The average Bonchev–Trinajstić information content (AvgIpc) is 2.73. The maximum atomic E-state index is 6.01. The summed E-state index contributed by atoms with van der Waals surface area (Å²) in [5, 5.41) is 3.76. The molecule has 0 amide bonds. The Morgan fingerprint density at radius 1 is 1.19 bits per heavy atom. The van der Waals surface area contributed by atoms with Crippen LogP contribution >= 0.6 is 0 Å². The van der Waals surface area contributed by atoms with Gasteiger partial charge < -0.3 is 15.8 Å². The lowest BCUT2D eigenvalue weighted by molar-refractivity contribution is 0.242. The van der Waals surface area contributed by atoms with Crippen LogP contribution in [-0.2, 0) is 0 Å². The summed E-state index contributed by atoms with van der Waals surface area (Å²) in [5.41, 5.74) is 7.25. The number of nitrogens with one attached hydrogen (secondary N) is 1. The van der Waals surface area contributed by atoms with Crippen LogP contribution in [0, 0.1) is 0 Å². The van der Waals surface area contributed by atoms with Gasteiger partial charge in [-0.1, -0.05) is 37.8 Å². The molecule has 1 aromatic rings. The third-order valence-electron chi connectivity index (χ3n) is 4.16. The average molecular weight is 290 g/mol. The summed E-state index contributed by atoms with van der Waals surface area (Å²) in [6.07, 6.45) is 8.19. The number of hydrogen-bond donors (Lipinski definition) is 2. The quantitative estimate of drug-likeness (QED) is 0.784. The predicted octanol–water partition coefficient (Wildman–Crippen LogP) is 3.79. The van der Waals surface area contributed by atoms with E-state index in [1.54, 1.807) is 0 Å². The maximum Gasteiger partial charge on any atom is 0.120 e. The largest absolute Gasteiger partial charge is 0.491 e. The van der Waals surface area contributed by atoms with E-state index in [1.165, 1.54) is 44.1 Å². The minimum Gasteiger partial charge on any atom is -0.491 e. The van der Waals surface area contributed by atoms with Gasteiger partial charge in [-0.15, -0.1) is 0 Å². The Kier molecular flexibility index (Phi) is 6.52. The van der Waals surface area contributed by atoms with Crippen molar-refractivity contribution in [2.45, 2.75) is 70.6 Å². The van der Waals surface area contributed by atoms with Gasteiger partial charge in [-0.3, -0.25) is 0 Å². The molecule has 0 heterocycles. The fourth-order valence-electron chi connectivity index (χ4n) is 3.11. The summed E-state index contributed by atoms with van der Waals surface area (Å²) < 4.78 is 5.79. The molecule has 0 saturated heterocycles. The van der Waals surface area contributed by atoms with Gasteiger partial charge in [0.1, 0.15) is 5.75 Å². The van der Waals surface area contributed by atoms with Gasteiger partial charge in [-0.25, -0.2) is 0 Å². The van der Waals surface area contributed by atoms with E-state index in [4.69, 9.17) is 10.5 Å². The second kappa shape index (κ2) is 8.40. The lowest BCUT2D eigenvalue weighted by Gasteiger charge is -2.25. The fraction of sp³-hybridized carbons (Fsp3) is 0.667. The lowest BCUT2D eigenvalue weighted by Crippen LogP contribution is -2.36. The van der Waals surface area contributed by atoms with E-state index in [2.05, 4.69) is 37.4 Å². The van der Waals surface area contributed by atoms with Gasteiger partial charge in [0.15, 0.2) is 0 Å². The minimum absolute atomic E-state index is 0.200. The van der Waals surface area contributed by atoms with Crippen molar-refractivity contribution >= 4 is 0 Å². The molecule has 3 heteroatoms. The van der Waals surface area contributed by atoms with Crippen molar-refractivity contribution in [3.05, 3.63) is 29.8 Å². The molecule has 21 heavy (non-hydrogen) atoms. The molecule has 1 aliphatic rings. The Morgan fingerprint density at radius 2 is 1.90 bits per heavy atom. The Bertz CT molecular complexity index is 411. The third-order valence-corrected chi connectivity index (χ3v) is 4.16. The van der Waals surface area contributed by atoms with Crippen molar-refractivity contribution < 1.29 is 4.74 Å². The van der Waals surface area contributed by atoms with Gasteiger partial charge in [0, 0.05) is 18.6 Å². The van der Waals surface area contributed by atoms with Gasteiger partial charge >= 0.3 is 0 Å². The Morgan fingerprint density at radius 3 is 2.52 bits per heavy atom. The highest BCUT2D eigenvalue weighted by Gasteiger charge is 2.18. The molecule has 3 nitrogen and oxygen atoms in total. The molecule has 0 spiro atoms. The van der Waals surface area contributed by atoms with Crippen LogP contribution in [0.15, 0.2) is 24.3 Å². The van der Waals surface area contributed by atoms with Crippen LogP contribution in [0.2, 0.25) is 0 Å². The Hall–Kier alpha value is -1.06. The molecule has 1 aliphatic carbocycles.